The summed E-state index contributed by atoms with van der Waals surface area (Å²) in [6.45, 7) is 13.2. The average Bonchev–Trinajstić information content (AvgIpc) is 2.99. The lowest BCUT2D eigenvalue weighted by molar-refractivity contribution is -0.114. The first-order chi connectivity index (χ1) is 20.7. The van der Waals surface area contributed by atoms with Gasteiger partial charge in [0.25, 0.3) is 0 Å². The van der Waals surface area contributed by atoms with E-state index >= 15 is 0 Å². The number of hydrogen-bond donors (Lipinski definition) is 0. The molecule has 0 aromatic heterocycles. The highest BCUT2D eigenvalue weighted by atomic mass is 19.4. The quantitative estimate of drug-likeness (QED) is 0.0869. The maximum absolute atomic E-state index is 12.7. The van der Waals surface area contributed by atoms with Crippen LogP contribution in [0.3, 0.4) is 0 Å². The topological polar surface area (TPSA) is 29.4 Å². The Kier molecular flexibility index (Phi) is 17.6. The minimum atomic E-state index is -4.00. The number of nitrogens with zero attached hydrogens (tertiary/aromatic N) is 1. The molecule has 0 spiro atoms. The number of halogens is 4. The van der Waals surface area contributed by atoms with Crippen LogP contribution in [0.25, 0.3) is 0 Å². The van der Waals surface area contributed by atoms with Crippen molar-refractivity contribution in [1.82, 2.24) is 0 Å². The van der Waals surface area contributed by atoms with E-state index in [1.165, 1.54) is 22.3 Å². The highest BCUT2D eigenvalue weighted by Gasteiger charge is 2.15. The monoisotopic (exact) mass is 609 g/mol. The van der Waals surface area contributed by atoms with Crippen molar-refractivity contribution in [3.8, 4) is 0 Å². The Morgan fingerprint density at radius 3 is 1.75 bits per heavy atom. The second-order valence-corrected chi connectivity index (χ2v) is 10.9. The number of aryl methyl sites for hydroxylation is 1. The number of aliphatic imine (C=N–C) groups is 1. The first-order valence-electron chi connectivity index (χ1n) is 15.0. The van der Waals surface area contributed by atoms with Crippen molar-refractivity contribution in [2.75, 3.05) is 6.67 Å². The Morgan fingerprint density at radius 1 is 0.864 bits per heavy atom. The number of carbonyl (C=O) groups excluding carboxylic acids is 1. The second-order valence-electron chi connectivity index (χ2n) is 10.9. The molecule has 0 aliphatic rings. The van der Waals surface area contributed by atoms with E-state index in [1.54, 1.807) is 13.8 Å². The number of ketones is 1. The SMILES string of the molecule is C=C(CCC/C(C(C)=O)=C(\CC)N=C(C)CF)Cc1ccc(C)cc1.CC(F)(F)F.CC(c1ccccc1)c1ccccc1. The largest absolute Gasteiger partial charge is 0.386 e. The zero-order chi connectivity index (χ0) is 33.1. The summed E-state index contributed by atoms with van der Waals surface area (Å²) in [7, 11) is 0. The highest BCUT2D eigenvalue weighted by Crippen LogP contribution is 2.23. The molecule has 0 fully saturated rings. The molecule has 6 heteroatoms. The van der Waals surface area contributed by atoms with Gasteiger partial charge in [0.05, 0.1) is 0 Å². The van der Waals surface area contributed by atoms with Gasteiger partial charge < -0.3 is 0 Å². The van der Waals surface area contributed by atoms with Gasteiger partial charge in [-0.1, -0.05) is 116 Å². The van der Waals surface area contributed by atoms with Gasteiger partial charge in [-0.25, -0.2) is 4.39 Å². The Morgan fingerprint density at radius 2 is 1.34 bits per heavy atom. The third kappa shape index (κ3) is 16.7. The average molecular weight is 610 g/mol. The highest BCUT2D eigenvalue weighted by molar-refractivity contribution is 5.94. The number of alkyl halides is 4. The van der Waals surface area contributed by atoms with Crippen molar-refractivity contribution in [2.24, 2.45) is 4.99 Å². The van der Waals surface area contributed by atoms with E-state index in [2.05, 4.69) is 110 Å². The summed E-state index contributed by atoms with van der Waals surface area (Å²) in [6, 6.07) is 29.7. The van der Waals surface area contributed by atoms with Crippen LogP contribution >= 0.6 is 0 Å². The molecule has 44 heavy (non-hydrogen) atoms. The van der Waals surface area contributed by atoms with Gasteiger partial charge in [0.15, 0.2) is 5.78 Å². The molecule has 3 rings (SSSR count). The van der Waals surface area contributed by atoms with Gasteiger partial charge in [0.1, 0.15) is 6.67 Å². The molecule has 0 heterocycles. The minimum Gasteiger partial charge on any atom is -0.295 e. The van der Waals surface area contributed by atoms with E-state index < -0.39 is 12.9 Å². The van der Waals surface area contributed by atoms with Crippen LogP contribution < -0.4 is 0 Å². The lowest BCUT2D eigenvalue weighted by atomic mass is 9.93. The Bertz CT molecular complexity index is 1280. The molecular weight excluding hydrogens is 562 g/mol. The number of rotatable bonds is 12. The fraction of sp³-hybridized carbons (Fsp3) is 0.368. The minimum absolute atomic E-state index is 0.0244. The molecule has 0 aliphatic carbocycles. The molecule has 0 aliphatic heterocycles. The predicted molar refractivity (Wildman–Crippen MR) is 177 cm³/mol. The van der Waals surface area contributed by atoms with E-state index in [4.69, 9.17) is 0 Å². The van der Waals surface area contributed by atoms with Gasteiger partial charge in [0.2, 0.25) is 0 Å². The van der Waals surface area contributed by atoms with Gasteiger partial charge in [-0.05, 0) is 69.6 Å². The molecule has 238 valence electrons. The Balaban J connectivity index is 0.000000422. The normalized spacial score (nSPS) is 11.9. The Labute approximate surface area is 261 Å². The van der Waals surface area contributed by atoms with E-state index in [0.717, 1.165) is 30.4 Å². The summed E-state index contributed by atoms with van der Waals surface area (Å²) in [4.78, 5) is 16.3. The van der Waals surface area contributed by atoms with E-state index in [-0.39, 0.29) is 12.7 Å². The van der Waals surface area contributed by atoms with E-state index in [0.29, 0.717) is 30.2 Å². The molecule has 3 aromatic rings. The van der Waals surface area contributed by atoms with Crippen LogP contribution in [0.5, 0.6) is 0 Å². The summed E-state index contributed by atoms with van der Waals surface area (Å²) in [5.41, 5.74) is 8.27. The fourth-order valence-corrected chi connectivity index (χ4v) is 4.42. The smallest absolute Gasteiger partial charge is 0.295 e. The molecule has 0 bridgehead atoms. The van der Waals surface area contributed by atoms with Crippen LogP contribution in [0.1, 0.15) is 88.5 Å². The summed E-state index contributed by atoms with van der Waals surface area (Å²) >= 11 is 0. The molecule has 2 nitrogen and oxygen atoms in total. The maximum Gasteiger partial charge on any atom is 0.386 e. The number of allylic oxidation sites excluding steroid dienone is 3. The maximum atomic E-state index is 12.7. The first-order valence-corrected chi connectivity index (χ1v) is 15.0. The lowest BCUT2D eigenvalue weighted by Gasteiger charge is -2.11. The van der Waals surface area contributed by atoms with E-state index in [1.807, 2.05) is 6.92 Å². The molecule has 0 saturated heterocycles. The summed E-state index contributed by atoms with van der Waals surface area (Å²) in [5, 5.41) is 0. The number of carbonyl (C=O) groups is 1. The van der Waals surface area contributed by atoms with Crippen molar-refractivity contribution in [3.05, 3.63) is 131 Å². The van der Waals surface area contributed by atoms with Crippen LogP contribution in [0.15, 0.2) is 113 Å². The number of Topliss-reactive ketones (excluding diaryl/α,β-unsaturated/α-hetero) is 1. The number of hydrogen-bond acceptors (Lipinski definition) is 2. The van der Waals surface area contributed by atoms with Crippen molar-refractivity contribution in [3.63, 3.8) is 0 Å². The van der Waals surface area contributed by atoms with Crippen molar-refractivity contribution < 1.29 is 22.4 Å². The molecule has 3 aromatic carbocycles. The first kappa shape index (κ1) is 38.2. The molecule has 0 radical (unpaired) electrons. The molecule has 0 N–H and O–H groups in total. The molecule has 0 amide bonds. The fourth-order valence-electron chi connectivity index (χ4n) is 4.42. The number of benzene rings is 3. The standard InChI is InChI=1S/C22H30FNO.C14H14.C2H3F3/c1-6-22(24-18(4)15-23)21(19(5)25)9-7-8-17(3)14-20-12-10-16(2)11-13-20;1-12(13-8-4-2-5-9-13)14-10-6-3-7-11-14;1-2(3,4)5/h10-13H,3,6-9,14-15H2,1-2,4-5H3;2-12H,1H3;1H3/b22-21-,24-18?;;. The summed E-state index contributed by atoms with van der Waals surface area (Å²) < 4.78 is 43.8. The second kappa shape index (κ2) is 20.2. The lowest BCUT2D eigenvalue weighted by Crippen LogP contribution is -2.04. The zero-order valence-corrected chi connectivity index (χ0v) is 27.0. The van der Waals surface area contributed by atoms with Gasteiger partial charge in [0, 0.05) is 29.8 Å². The molecule has 0 unspecified atom stereocenters. The van der Waals surface area contributed by atoms with E-state index in [9.17, 15) is 22.4 Å². The van der Waals surface area contributed by atoms with Crippen molar-refractivity contribution >= 4 is 11.5 Å². The third-order valence-electron chi connectivity index (χ3n) is 6.76. The van der Waals surface area contributed by atoms with Crippen LogP contribution in [-0.2, 0) is 11.2 Å². The summed E-state index contributed by atoms with van der Waals surface area (Å²) in [6.07, 6.45) is -0.120. The van der Waals surface area contributed by atoms with Crippen molar-refractivity contribution in [2.45, 2.75) is 85.7 Å². The van der Waals surface area contributed by atoms with Crippen LogP contribution in [0, 0.1) is 6.92 Å². The molecule has 0 saturated carbocycles. The summed E-state index contributed by atoms with van der Waals surface area (Å²) in [5.74, 6) is 0.508. The molecular formula is C38H47F4NO. The zero-order valence-electron chi connectivity index (χ0n) is 27.0. The van der Waals surface area contributed by atoms with Crippen LogP contribution in [-0.4, -0.2) is 24.3 Å². The Hall–Kier alpha value is -3.80. The van der Waals surface area contributed by atoms with Crippen LogP contribution in [0.2, 0.25) is 0 Å². The van der Waals surface area contributed by atoms with Crippen molar-refractivity contribution in [1.29, 1.82) is 0 Å². The van der Waals surface area contributed by atoms with Gasteiger partial charge in [-0.2, -0.15) is 13.2 Å². The van der Waals surface area contributed by atoms with Gasteiger partial charge in [-0.15, -0.1) is 0 Å². The molecule has 0 atom stereocenters. The van der Waals surface area contributed by atoms with Gasteiger partial charge in [-0.3, -0.25) is 9.79 Å². The third-order valence-corrected chi connectivity index (χ3v) is 6.76. The predicted octanol–water partition coefficient (Wildman–Crippen LogP) is 11.4. The van der Waals surface area contributed by atoms with Crippen LogP contribution in [0.4, 0.5) is 17.6 Å². The van der Waals surface area contributed by atoms with Gasteiger partial charge >= 0.3 is 6.18 Å².